The number of nitrogens with zero attached hydrogens (tertiary/aromatic N) is 9. The Kier molecular flexibility index (Phi) is 6.91. The van der Waals surface area contributed by atoms with Gasteiger partial charge in [0.2, 0.25) is 0 Å². The van der Waals surface area contributed by atoms with Crippen LogP contribution < -0.4 is 0 Å². The van der Waals surface area contributed by atoms with Crippen molar-refractivity contribution in [1.82, 2.24) is 44.9 Å². The van der Waals surface area contributed by atoms with Gasteiger partial charge in [0.1, 0.15) is 11.6 Å². The summed E-state index contributed by atoms with van der Waals surface area (Å²) in [6.07, 6.45) is 5.69. The highest BCUT2D eigenvalue weighted by Gasteiger charge is 2.26. The number of rotatable bonds is 8. The van der Waals surface area contributed by atoms with Gasteiger partial charge in [-0.1, -0.05) is 30.0 Å². The molecule has 0 aliphatic carbocycles. The molecule has 9 nitrogen and oxygen atoms in total. The zero-order valence-electron chi connectivity index (χ0n) is 19.0. The van der Waals surface area contributed by atoms with Crippen LogP contribution in [0.25, 0.3) is 0 Å². The fourth-order valence-electron chi connectivity index (χ4n) is 4.21. The van der Waals surface area contributed by atoms with E-state index in [4.69, 9.17) is 0 Å². The Bertz CT molecular complexity index is 1200. The van der Waals surface area contributed by atoms with Gasteiger partial charge in [-0.15, -0.1) is 15.3 Å². The lowest BCUT2D eigenvalue weighted by Gasteiger charge is -2.30. The molecular weight excluding hydrogens is 453 g/mol. The van der Waals surface area contributed by atoms with Gasteiger partial charge in [-0.3, -0.25) is 9.88 Å². The maximum absolute atomic E-state index is 13.2. The average Bonchev–Trinajstić information content (AvgIpc) is 3.46. The van der Waals surface area contributed by atoms with Gasteiger partial charge in [0.25, 0.3) is 0 Å². The van der Waals surface area contributed by atoms with Crippen molar-refractivity contribution < 1.29 is 4.39 Å². The van der Waals surface area contributed by atoms with Crippen molar-refractivity contribution in [1.29, 1.82) is 0 Å². The molecule has 0 saturated carbocycles. The van der Waals surface area contributed by atoms with Crippen molar-refractivity contribution in [2.75, 3.05) is 13.1 Å². The third-order valence-electron chi connectivity index (χ3n) is 6.13. The Morgan fingerprint density at radius 1 is 1.00 bits per heavy atom. The molecule has 11 heteroatoms. The summed E-state index contributed by atoms with van der Waals surface area (Å²) in [5, 5.41) is 22.1. The van der Waals surface area contributed by atoms with Gasteiger partial charge in [-0.2, -0.15) is 0 Å². The predicted molar refractivity (Wildman–Crippen MR) is 125 cm³/mol. The number of thioether (sulfide) groups is 1. The third kappa shape index (κ3) is 5.31. The smallest absolute Gasteiger partial charge is 0.191 e. The SMILES string of the molecule is Cn1c(SCc2cccnc2)nnc1C1CCN(Cc2nnnn2Cc2ccc(F)cc2)CC1. The molecule has 1 saturated heterocycles. The largest absolute Gasteiger partial charge is 0.309 e. The number of halogens is 1. The minimum atomic E-state index is -0.245. The van der Waals surface area contributed by atoms with Gasteiger partial charge in [0, 0.05) is 31.1 Å². The molecule has 5 rings (SSSR count). The van der Waals surface area contributed by atoms with Crippen LogP contribution in [0, 0.1) is 5.82 Å². The number of benzene rings is 1. The van der Waals surface area contributed by atoms with E-state index in [0.717, 1.165) is 54.1 Å². The first-order chi connectivity index (χ1) is 16.7. The lowest BCUT2D eigenvalue weighted by molar-refractivity contribution is 0.193. The minimum Gasteiger partial charge on any atom is -0.309 e. The summed E-state index contributed by atoms with van der Waals surface area (Å²) >= 11 is 1.68. The Morgan fingerprint density at radius 2 is 1.82 bits per heavy atom. The first-order valence-corrected chi connectivity index (χ1v) is 12.3. The van der Waals surface area contributed by atoms with Crippen LogP contribution in [0.5, 0.6) is 0 Å². The van der Waals surface area contributed by atoms with Crippen molar-refractivity contribution in [3.63, 3.8) is 0 Å². The fourth-order valence-corrected chi connectivity index (χ4v) is 5.06. The van der Waals surface area contributed by atoms with Crippen molar-refractivity contribution >= 4 is 11.8 Å². The Hall–Kier alpha value is -3.18. The van der Waals surface area contributed by atoms with Gasteiger partial charge in [-0.05, 0) is 65.7 Å². The molecule has 0 N–H and O–H groups in total. The molecule has 1 aliphatic rings. The van der Waals surface area contributed by atoms with Crippen LogP contribution in [0.4, 0.5) is 4.39 Å². The van der Waals surface area contributed by atoms with Crippen LogP contribution >= 0.6 is 11.8 Å². The first kappa shape index (κ1) is 22.6. The van der Waals surface area contributed by atoms with Gasteiger partial charge < -0.3 is 4.57 Å². The summed E-state index contributed by atoms with van der Waals surface area (Å²) in [6, 6.07) is 10.5. The fraction of sp³-hybridized carbons (Fsp3) is 0.391. The quantitative estimate of drug-likeness (QED) is 0.356. The molecule has 0 atom stereocenters. The molecule has 3 aromatic heterocycles. The molecule has 176 valence electrons. The summed E-state index contributed by atoms with van der Waals surface area (Å²) < 4.78 is 17.1. The minimum absolute atomic E-state index is 0.245. The molecule has 0 amide bonds. The van der Waals surface area contributed by atoms with E-state index in [9.17, 15) is 4.39 Å². The van der Waals surface area contributed by atoms with Gasteiger partial charge in [0.05, 0.1) is 13.1 Å². The summed E-state index contributed by atoms with van der Waals surface area (Å²) in [4.78, 5) is 6.55. The second kappa shape index (κ2) is 10.4. The molecular formula is C23H26FN9S. The van der Waals surface area contributed by atoms with E-state index in [0.29, 0.717) is 19.0 Å². The summed E-state index contributed by atoms with van der Waals surface area (Å²) in [5.74, 6) is 2.83. The molecule has 4 heterocycles. The predicted octanol–water partition coefficient (Wildman–Crippen LogP) is 3.06. The van der Waals surface area contributed by atoms with Crippen LogP contribution in [0.3, 0.4) is 0 Å². The topological polar surface area (TPSA) is 90.4 Å². The number of piperidine rings is 1. The van der Waals surface area contributed by atoms with E-state index in [1.807, 2.05) is 12.3 Å². The van der Waals surface area contributed by atoms with Crippen LogP contribution in [0.2, 0.25) is 0 Å². The van der Waals surface area contributed by atoms with E-state index in [1.165, 1.54) is 17.7 Å². The summed E-state index contributed by atoms with van der Waals surface area (Å²) in [7, 11) is 2.05. The summed E-state index contributed by atoms with van der Waals surface area (Å²) in [5.41, 5.74) is 2.14. The highest BCUT2D eigenvalue weighted by Crippen LogP contribution is 2.30. The molecule has 0 radical (unpaired) electrons. The normalized spacial score (nSPS) is 15.1. The van der Waals surface area contributed by atoms with E-state index in [2.05, 4.69) is 53.3 Å². The van der Waals surface area contributed by atoms with Crippen molar-refractivity contribution in [2.24, 2.45) is 7.05 Å². The molecule has 1 aliphatic heterocycles. The van der Waals surface area contributed by atoms with Crippen LogP contribution in [0.1, 0.15) is 41.5 Å². The van der Waals surface area contributed by atoms with Crippen LogP contribution in [-0.2, 0) is 25.9 Å². The summed E-state index contributed by atoms with van der Waals surface area (Å²) in [6.45, 7) is 3.10. The Morgan fingerprint density at radius 3 is 2.59 bits per heavy atom. The number of pyridine rings is 1. The molecule has 34 heavy (non-hydrogen) atoms. The first-order valence-electron chi connectivity index (χ1n) is 11.3. The second-order valence-electron chi connectivity index (χ2n) is 8.48. The van der Waals surface area contributed by atoms with E-state index >= 15 is 0 Å². The molecule has 0 bridgehead atoms. The molecule has 0 unspecified atom stereocenters. The number of hydrogen-bond donors (Lipinski definition) is 0. The number of aromatic nitrogens is 8. The number of tetrazole rings is 1. The monoisotopic (exact) mass is 479 g/mol. The zero-order chi connectivity index (χ0) is 23.3. The maximum atomic E-state index is 13.2. The highest BCUT2D eigenvalue weighted by atomic mass is 32.2. The molecule has 0 spiro atoms. The lowest BCUT2D eigenvalue weighted by Crippen LogP contribution is -2.34. The van der Waals surface area contributed by atoms with Crippen molar-refractivity contribution in [2.45, 2.75) is 42.8 Å². The van der Waals surface area contributed by atoms with E-state index in [1.54, 1.807) is 34.8 Å². The number of likely N-dealkylation sites (tertiary alicyclic amines) is 1. The Labute approximate surface area is 201 Å². The average molecular weight is 480 g/mol. The third-order valence-corrected chi connectivity index (χ3v) is 7.22. The Balaban J connectivity index is 1.15. The van der Waals surface area contributed by atoms with Crippen molar-refractivity contribution in [3.05, 3.63) is 77.4 Å². The lowest BCUT2D eigenvalue weighted by atomic mass is 9.96. The maximum Gasteiger partial charge on any atom is 0.191 e. The molecule has 1 fully saturated rings. The molecule has 4 aromatic rings. The van der Waals surface area contributed by atoms with Gasteiger partial charge in [-0.25, -0.2) is 9.07 Å². The second-order valence-corrected chi connectivity index (χ2v) is 9.42. The van der Waals surface area contributed by atoms with Crippen LogP contribution in [0.15, 0.2) is 53.9 Å². The van der Waals surface area contributed by atoms with Gasteiger partial charge in [0.15, 0.2) is 11.0 Å². The molecule has 1 aromatic carbocycles. The number of hydrogen-bond acceptors (Lipinski definition) is 8. The standard InChI is InChI=1S/C23H26FN9S/c1-31-22(27-28-23(31)34-16-18-3-2-10-25-13-18)19-8-11-32(12-9-19)15-21-26-29-30-33(21)14-17-4-6-20(24)7-5-17/h2-7,10,13,19H,8-9,11-12,14-16H2,1H3. The van der Waals surface area contributed by atoms with E-state index < -0.39 is 0 Å². The zero-order valence-corrected chi connectivity index (χ0v) is 19.8. The van der Waals surface area contributed by atoms with Crippen molar-refractivity contribution in [3.8, 4) is 0 Å². The van der Waals surface area contributed by atoms with Gasteiger partial charge >= 0.3 is 0 Å². The van der Waals surface area contributed by atoms with Crippen LogP contribution in [-0.4, -0.2) is 57.9 Å². The highest BCUT2D eigenvalue weighted by molar-refractivity contribution is 7.98. The van der Waals surface area contributed by atoms with E-state index in [-0.39, 0.29) is 5.82 Å².